The van der Waals surface area contributed by atoms with Crippen LogP contribution < -0.4 is 4.74 Å². The summed E-state index contributed by atoms with van der Waals surface area (Å²) in [5.74, 6) is 1.19. The number of aryl methyl sites for hydroxylation is 1. The van der Waals surface area contributed by atoms with Crippen LogP contribution in [0.25, 0.3) is 0 Å². The van der Waals surface area contributed by atoms with E-state index in [9.17, 15) is 0 Å². The lowest BCUT2D eigenvalue weighted by molar-refractivity contribution is 0.173. The van der Waals surface area contributed by atoms with Gasteiger partial charge in [-0.3, -0.25) is 4.90 Å². The van der Waals surface area contributed by atoms with E-state index in [1.165, 1.54) is 40.9 Å². The molecule has 6 rings (SSSR count). The van der Waals surface area contributed by atoms with Gasteiger partial charge in [-0.25, -0.2) is 0 Å². The number of nitrogens with zero attached hydrogens (tertiary/aromatic N) is 1. The molecular weight excluding hydrogens is 258 g/mol. The van der Waals surface area contributed by atoms with Gasteiger partial charge >= 0.3 is 0 Å². The molecule has 2 spiro atoms. The second kappa shape index (κ2) is 2.85. The molecule has 1 saturated heterocycles. The molecule has 1 saturated carbocycles. The number of likely N-dealkylation sites (N-methyl/N-ethyl adjacent to an activating group) is 1. The molecule has 2 heteroatoms. The van der Waals surface area contributed by atoms with Gasteiger partial charge in [0.1, 0.15) is 11.9 Å². The van der Waals surface area contributed by atoms with Crippen LogP contribution in [0, 0.1) is 6.92 Å². The zero-order valence-electron chi connectivity index (χ0n) is 12.7. The van der Waals surface area contributed by atoms with Gasteiger partial charge in [-0.15, -0.1) is 0 Å². The Morgan fingerprint density at radius 3 is 2.95 bits per heavy atom. The second-order valence-corrected chi connectivity index (χ2v) is 7.72. The first-order valence-electron chi connectivity index (χ1n) is 8.01. The van der Waals surface area contributed by atoms with Crippen molar-refractivity contribution in [1.82, 2.24) is 4.90 Å². The van der Waals surface area contributed by atoms with Gasteiger partial charge in [-0.1, -0.05) is 24.3 Å². The Balaban J connectivity index is 1.76. The van der Waals surface area contributed by atoms with Crippen LogP contribution in [0.5, 0.6) is 5.75 Å². The van der Waals surface area contributed by atoms with Gasteiger partial charge in [0.2, 0.25) is 0 Å². The quantitative estimate of drug-likeness (QED) is 0.676. The molecule has 3 aliphatic carbocycles. The third-order valence-corrected chi connectivity index (χ3v) is 6.93. The summed E-state index contributed by atoms with van der Waals surface area (Å²) in [6, 6.07) is 5.26. The van der Waals surface area contributed by atoms with Gasteiger partial charge < -0.3 is 4.74 Å². The normalized spacial score (nSPS) is 46.3. The molecule has 106 valence electrons. The molecule has 2 bridgehead atoms. The monoisotopic (exact) mass is 277 g/mol. The van der Waals surface area contributed by atoms with Crippen LogP contribution in [-0.2, 0) is 11.8 Å². The van der Waals surface area contributed by atoms with E-state index < -0.39 is 0 Å². The predicted molar refractivity (Wildman–Crippen MR) is 81.7 cm³/mol. The first kappa shape index (κ1) is 11.1. The second-order valence-electron chi connectivity index (χ2n) is 7.72. The molecule has 2 nitrogen and oxygen atoms in total. The van der Waals surface area contributed by atoms with Crippen molar-refractivity contribution in [1.29, 1.82) is 0 Å². The highest BCUT2D eigenvalue weighted by atomic mass is 16.5. The highest BCUT2D eigenvalue weighted by Gasteiger charge is 2.78. The van der Waals surface area contributed by atoms with Gasteiger partial charge in [0.25, 0.3) is 0 Å². The summed E-state index contributed by atoms with van der Waals surface area (Å²) in [6.07, 6.45) is 7.41. The SMILES string of the molecule is CC1=CC=C2[C@@H]3[N@](C)C34Cc3ccc(C)c5c3[C@@]2(C4)C1O5. The van der Waals surface area contributed by atoms with Crippen LogP contribution in [0.1, 0.15) is 30.0 Å². The van der Waals surface area contributed by atoms with Crippen molar-refractivity contribution < 1.29 is 4.74 Å². The Morgan fingerprint density at radius 2 is 2.10 bits per heavy atom. The lowest BCUT2D eigenvalue weighted by Gasteiger charge is -2.41. The Hall–Kier alpha value is -1.54. The maximum atomic E-state index is 6.54. The first-order chi connectivity index (χ1) is 10.1. The summed E-state index contributed by atoms with van der Waals surface area (Å²) in [5, 5.41) is 0. The van der Waals surface area contributed by atoms with Crippen LogP contribution in [0.2, 0.25) is 0 Å². The van der Waals surface area contributed by atoms with Crippen LogP contribution in [0.3, 0.4) is 0 Å². The summed E-state index contributed by atoms with van der Waals surface area (Å²) in [7, 11) is 2.30. The van der Waals surface area contributed by atoms with E-state index in [4.69, 9.17) is 4.74 Å². The number of allylic oxidation sites excluding steroid dienone is 2. The van der Waals surface area contributed by atoms with Crippen molar-refractivity contribution in [2.45, 2.75) is 49.8 Å². The maximum absolute atomic E-state index is 6.54. The Labute approximate surface area is 125 Å². The topological polar surface area (TPSA) is 12.2 Å². The molecule has 5 aliphatic rings. The molecule has 2 heterocycles. The number of fused-ring (bicyclic) bond motifs is 1. The Bertz CT molecular complexity index is 804. The molecule has 0 aromatic heterocycles. The van der Waals surface area contributed by atoms with E-state index >= 15 is 0 Å². The molecule has 2 aliphatic heterocycles. The molecule has 5 atom stereocenters. The minimum atomic E-state index is 0.158. The lowest BCUT2D eigenvalue weighted by atomic mass is 9.63. The van der Waals surface area contributed by atoms with E-state index in [2.05, 4.69) is 50.1 Å². The van der Waals surface area contributed by atoms with E-state index in [1.807, 2.05) is 0 Å². The van der Waals surface area contributed by atoms with Crippen molar-refractivity contribution in [3.8, 4) is 5.75 Å². The fourth-order valence-electron chi connectivity index (χ4n) is 6.06. The van der Waals surface area contributed by atoms with Crippen molar-refractivity contribution in [2.24, 2.45) is 0 Å². The molecule has 0 N–H and O–H groups in total. The third kappa shape index (κ3) is 0.878. The highest BCUT2D eigenvalue weighted by Crippen LogP contribution is 2.73. The van der Waals surface area contributed by atoms with E-state index in [0.717, 1.165) is 0 Å². The van der Waals surface area contributed by atoms with E-state index in [-0.39, 0.29) is 11.5 Å². The number of likely N-dealkylation sites (tertiary alicyclic amines) is 1. The molecule has 0 amide bonds. The maximum Gasteiger partial charge on any atom is 0.133 e. The minimum Gasteiger partial charge on any atom is -0.484 e. The number of rotatable bonds is 0. The standard InChI is InChI=1S/C19H19NO/c1-10-4-6-12-8-18-9-19-13(16(18)20(18)3)7-5-11(2)17(19)21-15(10)14(12)19/h4-7,16-17H,8-9H2,1-3H3/t16-,17?,18?,19-,20-/m0/s1. The predicted octanol–water partition coefficient (Wildman–Crippen LogP) is 2.89. The van der Waals surface area contributed by atoms with Gasteiger partial charge in [0.15, 0.2) is 0 Å². The number of ether oxygens (including phenoxy) is 1. The van der Waals surface area contributed by atoms with Gasteiger partial charge in [-0.05, 0) is 56.0 Å². The first-order valence-corrected chi connectivity index (χ1v) is 8.01. The molecule has 21 heavy (non-hydrogen) atoms. The van der Waals surface area contributed by atoms with Crippen molar-refractivity contribution >= 4 is 0 Å². The molecule has 2 fully saturated rings. The number of benzene rings is 1. The Kier molecular flexibility index (Phi) is 1.50. The lowest BCUT2D eigenvalue weighted by Crippen LogP contribution is -2.46. The smallest absolute Gasteiger partial charge is 0.133 e. The zero-order chi connectivity index (χ0) is 14.1. The summed E-state index contributed by atoms with van der Waals surface area (Å²) in [5.41, 5.74) is 7.94. The summed E-state index contributed by atoms with van der Waals surface area (Å²) < 4.78 is 6.54. The van der Waals surface area contributed by atoms with Crippen LogP contribution in [0.15, 0.2) is 35.4 Å². The number of piperidine rings is 1. The average molecular weight is 277 g/mol. The van der Waals surface area contributed by atoms with Crippen LogP contribution in [-0.4, -0.2) is 29.6 Å². The minimum absolute atomic E-state index is 0.158. The van der Waals surface area contributed by atoms with E-state index in [1.54, 1.807) is 5.57 Å². The number of hydrogen-bond acceptors (Lipinski definition) is 2. The molecule has 0 radical (unpaired) electrons. The van der Waals surface area contributed by atoms with Crippen molar-refractivity contribution in [3.63, 3.8) is 0 Å². The van der Waals surface area contributed by atoms with E-state index in [0.29, 0.717) is 11.6 Å². The largest absolute Gasteiger partial charge is 0.484 e. The van der Waals surface area contributed by atoms with Gasteiger partial charge in [-0.2, -0.15) is 0 Å². The molecule has 1 aromatic carbocycles. The Morgan fingerprint density at radius 1 is 1.24 bits per heavy atom. The van der Waals surface area contributed by atoms with Crippen LogP contribution >= 0.6 is 0 Å². The van der Waals surface area contributed by atoms with Gasteiger partial charge in [0.05, 0.1) is 11.5 Å². The average Bonchev–Trinajstić information content (AvgIpc) is 2.82. The fourth-order valence-corrected chi connectivity index (χ4v) is 6.06. The fraction of sp³-hybridized carbons (Fsp3) is 0.474. The zero-order valence-corrected chi connectivity index (χ0v) is 12.7. The van der Waals surface area contributed by atoms with Crippen molar-refractivity contribution in [2.75, 3.05) is 7.05 Å². The van der Waals surface area contributed by atoms with Crippen molar-refractivity contribution in [3.05, 3.63) is 52.1 Å². The highest BCUT2D eigenvalue weighted by molar-refractivity contribution is 5.71. The number of hydrogen-bond donors (Lipinski definition) is 0. The summed E-state index contributed by atoms with van der Waals surface area (Å²) in [4.78, 5) is 2.59. The van der Waals surface area contributed by atoms with Gasteiger partial charge in [0, 0.05) is 11.1 Å². The third-order valence-electron chi connectivity index (χ3n) is 6.93. The van der Waals surface area contributed by atoms with Crippen LogP contribution in [0.4, 0.5) is 0 Å². The summed E-state index contributed by atoms with van der Waals surface area (Å²) in [6.45, 7) is 4.43. The molecule has 1 aromatic rings. The molecule has 2 unspecified atom stereocenters. The summed E-state index contributed by atoms with van der Waals surface area (Å²) >= 11 is 0. The molecular formula is C19H19NO.